The summed E-state index contributed by atoms with van der Waals surface area (Å²) >= 11 is 0. The predicted molar refractivity (Wildman–Crippen MR) is 75.4 cm³/mol. The summed E-state index contributed by atoms with van der Waals surface area (Å²) in [6, 6.07) is 3.53. The van der Waals surface area contributed by atoms with Crippen LogP contribution in [0.3, 0.4) is 0 Å². The summed E-state index contributed by atoms with van der Waals surface area (Å²) in [5.74, 6) is 0.440. The summed E-state index contributed by atoms with van der Waals surface area (Å²) in [5.41, 5.74) is 1.39. The third-order valence-corrected chi connectivity index (χ3v) is 2.73. The van der Waals surface area contributed by atoms with Crippen LogP contribution in [0.4, 0.5) is 5.95 Å². The van der Waals surface area contributed by atoms with Gasteiger partial charge in [-0.2, -0.15) is 5.10 Å². The number of amides is 1. The lowest BCUT2D eigenvalue weighted by molar-refractivity contribution is 0.0948. The van der Waals surface area contributed by atoms with Gasteiger partial charge >= 0.3 is 0 Å². The van der Waals surface area contributed by atoms with Gasteiger partial charge in [-0.3, -0.25) is 9.89 Å². The van der Waals surface area contributed by atoms with E-state index in [1.54, 1.807) is 24.5 Å². The van der Waals surface area contributed by atoms with Crippen LogP contribution in [0, 0.1) is 0 Å². The van der Waals surface area contributed by atoms with Gasteiger partial charge in [0.05, 0.1) is 0 Å². The highest BCUT2D eigenvalue weighted by molar-refractivity contribution is 5.92. The van der Waals surface area contributed by atoms with E-state index >= 15 is 0 Å². The maximum atomic E-state index is 11.8. The molecule has 0 unspecified atom stereocenters. The summed E-state index contributed by atoms with van der Waals surface area (Å²) < 4.78 is 0. The minimum Gasteiger partial charge on any atom is -0.354 e. The van der Waals surface area contributed by atoms with Crippen molar-refractivity contribution >= 4 is 11.9 Å². The van der Waals surface area contributed by atoms with Crippen molar-refractivity contribution in [1.29, 1.82) is 0 Å². The zero-order valence-electron chi connectivity index (χ0n) is 11.4. The number of hydrogen-bond acceptors (Lipinski definition) is 5. The lowest BCUT2D eigenvalue weighted by atomic mass is 10.3. The Balaban J connectivity index is 1.64. The van der Waals surface area contributed by atoms with E-state index in [4.69, 9.17) is 0 Å². The number of nitrogens with zero attached hydrogens (tertiary/aromatic N) is 3. The molecule has 1 amide bonds. The maximum Gasteiger partial charge on any atom is 0.271 e. The highest BCUT2D eigenvalue weighted by atomic mass is 16.1. The van der Waals surface area contributed by atoms with Crippen LogP contribution in [0.15, 0.2) is 24.5 Å². The standard InChI is InChI=1S/C13H18N6O/c1-2-10-9-11(19-18-10)12(20)14-5-3-6-15-13-16-7-4-8-17-13/h4,7-9H,2-3,5-6H2,1H3,(H,14,20)(H,18,19)(H,15,16,17). The lowest BCUT2D eigenvalue weighted by Crippen LogP contribution is -2.26. The Hall–Kier alpha value is -2.44. The second-order valence-electron chi connectivity index (χ2n) is 4.24. The molecule has 0 bridgehead atoms. The molecule has 0 aliphatic heterocycles. The Morgan fingerprint density at radius 3 is 2.80 bits per heavy atom. The summed E-state index contributed by atoms with van der Waals surface area (Å²) in [7, 11) is 0. The number of nitrogens with one attached hydrogen (secondary N) is 3. The van der Waals surface area contributed by atoms with E-state index in [9.17, 15) is 4.79 Å². The third-order valence-electron chi connectivity index (χ3n) is 2.73. The number of hydrogen-bond donors (Lipinski definition) is 3. The first-order valence-electron chi connectivity index (χ1n) is 6.63. The van der Waals surface area contributed by atoms with E-state index in [1.807, 2.05) is 6.92 Å². The molecule has 0 aromatic carbocycles. The van der Waals surface area contributed by atoms with E-state index in [1.165, 1.54) is 0 Å². The van der Waals surface area contributed by atoms with E-state index in [-0.39, 0.29) is 5.91 Å². The molecule has 0 radical (unpaired) electrons. The van der Waals surface area contributed by atoms with Gasteiger partial charge in [0.2, 0.25) is 5.95 Å². The molecule has 0 saturated heterocycles. The largest absolute Gasteiger partial charge is 0.354 e. The monoisotopic (exact) mass is 274 g/mol. The molecule has 7 nitrogen and oxygen atoms in total. The molecule has 0 spiro atoms. The average molecular weight is 274 g/mol. The molecule has 0 saturated carbocycles. The normalized spacial score (nSPS) is 10.2. The van der Waals surface area contributed by atoms with Gasteiger partial charge in [0.1, 0.15) is 5.69 Å². The van der Waals surface area contributed by atoms with E-state index in [0.717, 1.165) is 18.5 Å². The Morgan fingerprint density at radius 1 is 1.30 bits per heavy atom. The Kier molecular flexibility index (Phi) is 5.05. The fourth-order valence-electron chi connectivity index (χ4n) is 1.63. The second kappa shape index (κ2) is 7.22. The SMILES string of the molecule is CCc1cc(C(=O)NCCCNc2ncccn2)n[nH]1. The van der Waals surface area contributed by atoms with Crippen LogP contribution in [-0.2, 0) is 6.42 Å². The fourth-order valence-corrected chi connectivity index (χ4v) is 1.63. The van der Waals surface area contributed by atoms with E-state index in [0.29, 0.717) is 24.7 Å². The van der Waals surface area contributed by atoms with Crippen molar-refractivity contribution in [3.05, 3.63) is 35.9 Å². The fraction of sp³-hybridized carbons (Fsp3) is 0.385. The first-order chi connectivity index (χ1) is 9.79. The molecule has 0 aliphatic carbocycles. The quantitative estimate of drug-likeness (QED) is 0.654. The molecule has 7 heteroatoms. The van der Waals surface area contributed by atoms with Crippen LogP contribution in [0.2, 0.25) is 0 Å². The van der Waals surface area contributed by atoms with Crippen LogP contribution in [0.25, 0.3) is 0 Å². The highest BCUT2D eigenvalue weighted by Gasteiger charge is 2.08. The van der Waals surface area contributed by atoms with Crippen molar-refractivity contribution in [1.82, 2.24) is 25.5 Å². The van der Waals surface area contributed by atoms with Crippen LogP contribution < -0.4 is 10.6 Å². The summed E-state index contributed by atoms with van der Waals surface area (Å²) in [6.45, 7) is 3.28. The van der Waals surface area contributed by atoms with Gasteiger partial charge in [-0.1, -0.05) is 6.92 Å². The zero-order chi connectivity index (χ0) is 14.2. The van der Waals surface area contributed by atoms with Gasteiger partial charge in [0.25, 0.3) is 5.91 Å². The van der Waals surface area contributed by atoms with Gasteiger partial charge in [0.15, 0.2) is 0 Å². The van der Waals surface area contributed by atoms with Crippen LogP contribution in [0.1, 0.15) is 29.5 Å². The van der Waals surface area contributed by atoms with Gasteiger partial charge in [-0.15, -0.1) is 0 Å². The van der Waals surface area contributed by atoms with E-state index in [2.05, 4.69) is 30.8 Å². The number of H-pyrrole nitrogens is 1. The van der Waals surface area contributed by atoms with Gasteiger partial charge in [-0.05, 0) is 25.0 Å². The minimum atomic E-state index is -0.156. The third kappa shape index (κ3) is 4.04. The van der Waals surface area contributed by atoms with Crippen molar-refractivity contribution in [2.75, 3.05) is 18.4 Å². The predicted octanol–water partition coefficient (Wildman–Crippen LogP) is 0.994. The first-order valence-corrected chi connectivity index (χ1v) is 6.63. The average Bonchev–Trinajstić information content (AvgIpc) is 2.97. The second-order valence-corrected chi connectivity index (χ2v) is 4.24. The van der Waals surface area contributed by atoms with Crippen molar-refractivity contribution in [2.45, 2.75) is 19.8 Å². The number of aromatic amines is 1. The van der Waals surface area contributed by atoms with Gasteiger partial charge in [0, 0.05) is 31.2 Å². The Morgan fingerprint density at radius 2 is 2.10 bits per heavy atom. The molecule has 2 aromatic heterocycles. The summed E-state index contributed by atoms with van der Waals surface area (Å²) in [5, 5.41) is 12.7. The number of carbonyl (C=O) groups is 1. The summed E-state index contributed by atoms with van der Waals surface area (Å²) in [4.78, 5) is 19.9. The maximum absolute atomic E-state index is 11.8. The zero-order valence-corrected chi connectivity index (χ0v) is 11.4. The molecule has 0 aliphatic rings. The molecule has 0 atom stereocenters. The molecule has 2 aromatic rings. The van der Waals surface area contributed by atoms with E-state index < -0.39 is 0 Å². The van der Waals surface area contributed by atoms with Crippen molar-refractivity contribution in [2.24, 2.45) is 0 Å². The number of rotatable bonds is 7. The lowest BCUT2D eigenvalue weighted by Gasteiger charge is -2.05. The molecule has 20 heavy (non-hydrogen) atoms. The smallest absolute Gasteiger partial charge is 0.271 e. The minimum absolute atomic E-state index is 0.156. The molecule has 3 N–H and O–H groups in total. The highest BCUT2D eigenvalue weighted by Crippen LogP contribution is 2.00. The van der Waals surface area contributed by atoms with Crippen molar-refractivity contribution in [3.8, 4) is 0 Å². The topological polar surface area (TPSA) is 95.6 Å². The number of anilines is 1. The number of carbonyl (C=O) groups excluding carboxylic acids is 1. The number of aryl methyl sites for hydroxylation is 1. The molecule has 0 fully saturated rings. The first kappa shape index (κ1) is 14.0. The molecule has 2 rings (SSSR count). The molecule has 106 valence electrons. The van der Waals surface area contributed by atoms with Crippen molar-refractivity contribution < 1.29 is 4.79 Å². The molecular formula is C13H18N6O. The van der Waals surface area contributed by atoms with Crippen LogP contribution >= 0.6 is 0 Å². The van der Waals surface area contributed by atoms with Crippen LogP contribution in [-0.4, -0.2) is 39.2 Å². The molecule has 2 heterocycles. The molecular weight excluding hydrogens is 256 g/mol. The van der Waals surface area contributed by atoms with Gasteiger partial charge in [-0.25, -0.2) is 9.97 Å². The van der Waals surface area contributed by atoms with Crippen LogP contribution in [0.5, 0.6) is 0 Å². The Labute approximate surface area is 117 Å². The Bertz CT molecular complexity index is 539. The summed E-state index contributed by atoms with van der Waals surface area (Å²) in [6.07, 6.45) is 4.98. The van der Waals surface area contributed by atoms with Crippen molar-refractivity contribution in [3.63, 3.8) is 0 Å². The van der Waals surface area contributed by atoms with Gasteiger partial charge < -0.3 is 10.6 Å². The number of aromatic nitrogens is 4.